The van der Waals surface area contributed by atoms with Crippen LogP contribution in [-0.2, 0) is 4.79 Å². The van der Waals surface area contributed by atoms with Gasteiger partial charge >= 0.3 is 6.55 Å². The van der Waals surface area contributed by atoms with Crippen molar-refractivity contribution >= 4 is 22.6 Å². The summed E-state index contributed by atoms with van der Waals surface area (Å²) in [4.78, 5) is 21.4. The van der Waals surface area contributed by atoms with Gasteiger partial charge in [0.2, 0.25) is 5.91 Å². The number of halogens is 2. The number of hydrogen-bond donors (Lipinski definition) is 2. The summed E-state index contributed by atoms with van der Waals surface area (Å²) in [5.74, 6) is 0.143. The number of amides is 1. The van der Waals surface area contributed by atoms with Crippen molar-refractivity contribution in [2.45, 2.75) is 38.8 Å². The van der Waals surface area contributed by atoms with Crippen LogP contribution in [0.4, 0.5) is 14.5 Å². The number of piperidine rings is 1. The number of fused-ring (bicyclic) bond motifs is 1. The van der Waals surface area contributed by atoms with E-state index in [1.807, 2.05) is 17.9 Å². The first-order valence-electron chi connectivity index (χ1n) is 9.41. The molecule has 7 nitrogen and oxygen atoms in total. The normalized spacial score (nSPS) is 17.4. The molecule has 0 unspecified atom stereocenters. The number of carbonyl (C=O) groups is 1. The Morgan fingerprint density at radius 1 is 1.43 bits per heavy atom. The van der Waals surface area contributed by atoms with Gasteiger partial charge in [0.1, 0.15) is 5.65 Å². The molecule has 3 aromatic rings. The van der Waals surface area contributed by atoms with Gasteiger partial charge in [-0.25, -0.2) is 9.67 Å². The van der Waals surface area contributed by atoms with Crippen LogP contribution in [0.1, 0.15) is 32.7 Å². The van der Waals surface area contributed by atoms with Crippen LogP contribution < -0.4 is 5.32 Å². The third-order valence-corrected chi connectivity index (χ3v) is 5.10. The molecule has 1 fully saturated rings. The molecule has 28 heavy (non-hydrogen) atoms. The molecule has 2 N–H and O–H groups in total. The highest BCUT2D eigenvalue weighted by molar-refractivity contribution is 5.97. The highest BCUT2D eigenvalue weighted by atomic mass is 19.3. The van der Waals surface area contributed by atoms with Crippen LogP contribution in [0.25, 0.3) is 22.3 Å². The Kier molecular flexibility index (Phi) is 4.97. The number of alkyl halides is 2. The van der Waals surface area contributed by atoms with E-state index in [-0.39, 0.29) is 11.9 Å². The highest BCUT2D eigenvalue weighted by Gasteiger charge is 2.25. The quantitative estimate of drug-likeness (QED) is 0.700. The predicted octanol–water partition coefficient (Wildman–Crippen LogP) is 3.63. The lowest BCUT2D eigenvalue weighted by Crippen LogP contribution is -2.45. The molecular formula is C19H22F2N6O. The molecule has 0 radical (unpaired) electrons. The number of anilines is 1. The second-order valence-corrected chi connectivity index (χ2v) is 6.92. The molecule has 0 aromatic carbocycles. The summed E-state index contributed by atoms with van der Waals surface area (Å²) in [5.41, 5.74) is 2.58. The zero-order valence-corrected chi connectivity index (χ0v) is 15.5. The van der Waals surface area contributed by atoms with Crippen molar-refractivity contribution in [2.75, 3.05) is 18.4 Å². The van der Waals surface area contributed by atoms with Gasteiger partial charge in [-0.3, -0.25) is 4.79 Å². The summed E-state index contributed by atoms with van der Waals surface area (Å²) in [6.45, 7) is 0.558. The van der Waals surface area contributed by atoms with E-state index in [9.17, 15) is 13.6 Å². The molecule has 148 valence electrons. The Bertz CT molecular complexity index is 982. The second-order valence-electron chi connectivity index (χ2n) is 6.92. The van der Waals surface area contributed by atoms with Crippen molar-refractivity contribution in [1.29, 1.82) is 0 Å². The maximum Gasteiger partial charge on any atom is 0.333 e. The van der Waals surface area contributed by atoms with Gasteiger partial charge in [0, 0.05) is 55.1 Å². The Morgan fingerprint density at radius 2 is 2.29 bits per heavy atom. The van der Waals surface area contributed by atoms with Crippen LogP contribution in [0.15, 0.2) is 30.7 Å². The Hall–Kier alpha value is -2.97. The van der Waals surface area contributed by atoms with Gasteiger partial charge in [-0.2, -0.15) is 13.9 Å². The van der Waals surface area contributed by atoms with Crippen molar-refractivity contribution in [2.24, 2.45) is 0 Å². The minimum atomic E-state index is -2.69. The Labute approximate surface area is 160 Å². The summed E-state index contributed by atoms with van der Waals surface area (Å²) in [7, 11) is 0. The minimum Gasteiger partial charge on any atom is -0.379 e. The van der Waals surface area contributed by atoms with Crippen molar-refractivity contribution in [3.05, 3.63) is 30.7 Å². The number of carbonyl (C=O) groups excluding carboxylic acids is 1. The fourth-order valence-electron chi connectivity index (χ4n) is 3.70. The molecule has 1 saturated heterocycles. The molecular weight excluding hydrogens is 366 g/mol. The van der Waals surface area contributed by atoms with Gasteiger partial charge in [0.25, 0.3) is 0 Å². The van der Waals surface area contributed by atoms with Crippen molar-refractivity contribution < 1.29 is 13.6 Å². The van der Waals surface area contributed by atoms with Crippen LogP contribution in [0.5, 0.6) is 0 Å². The van der Waals surface area contributed by atoms with Crippen molar-refractivity contribution in [3.8, 4) is 11.3 Å². The number of aromatic nitrogens is 4. The molecule has 4 heterocycles. The van der Waals surface area contributed by atoms with E-state index in [0.717, 1.165) is 30.5 Å². The lowest BCUT2D eigenvalue weighted by molar-refractivity contribution is -0.131. The van der Waals surface area contributed by atoms with Crippen LogP contribution in [-0.4, -0.2) is 49.7 Å². The van der Waals surface area contributed by atoms with Crippen molar-refractivity contribution in [3.63, 3.8) is 0 Å². The van der Waals surface area contributed by atoms with Gasteiger partial charge in [0.15, 0.2) is 0 Å². The largest absolute Gasteiger partial charge is 0.379 e. The van der Waals surface area contributed by atoms with E-state index in [1.165, 1.54) is 6.20 Å². The van der Waals surface area contributed by atoms with E-state index < -0.39 is 6.55 Å². The number of nitrogens with zero attached hydrogens (tertiary/aromatic N) is 4. The van der Waals surface area contributed by atoms with Crippen LogP contribution in [0.2, 0.25) is 0 Å². The lowest BCUT2D eigenvalue weighted by atomic mass is 10.0. The fourth-order valence-corrected chi connectivity index (χ4v) is 3.70. The molecule has 1 atom stereocenters. The topological polar surface area (TPSA) is 78.8 Å². The maximum atomic E-state index is 13.0. The van der Waals surface area contributed by atoms with Gasteiger partial charge in [-0.05, 0) is 25.0 Å². The highest BCUT2D eigenvalue weighted by Crippen LogP contribution is 2.34. The molecule has 1 aliphatic rings. The van der Waals surface area contributed by atoms with E-state index >= 15 is 0 Å². The summed E-state index contributed by atoms with van der Waals surface area (Å²) in [6.07, 6.45) is 7.01. The van der Waals surface area contributed by atoms with Crippen molar-refractivity contribution in [1.82, 2.24) is 24.6 Å². The molecule has 0 saturated carbocycles. The Morgan fingerprint density at radius 3 is 3.04 bits per heavy atom. The molecule has 9 heteroatoms. The van der Waals surface area contributed by atoms with Gasteiger partial charge < -0.3 is 15.2 Å². The monoisotopic (exact) mass is 388 g/mol. The summed E-state index contributed by atoms with van der Waals surface area (Å²) in [6, 6.07) is 3.53. The van der Waals surface area contributed by atoms with E-state index in [0.29, 0.717) is 34.6 Å². The average molecular weight is 388 g/mol. The molecule has 0 bridgehead atoms. The van der Waals surface area contributed by atoms with Gasteiger partial charge in [0.05, 0.1) is 11.4 Å². The van der Waals surface area contributed by atoms with E-state index in [2.05, 4.69) is 20.4 Å². The molecule has 4 rings (SSSR count). The third kappa shape index (κ3) is 3.44. The minimum absolute atomic E-state index is 0.0701. The number of H-pyrrole nitrogens is 1. The zero-order valence-electron chi connectivity index (χ0n) is 15.5. The van der Waals surface area contributed by atoms with Crippen LogP contribution in [0.3, 0.4) is 0 Å². The lowest BCUT2D eigenvalue weighted by Gasteiger charge is -2.34. The molecule has 1 aliphatic heterocycles. The summed E-state index contributed by atoms with van der Waals surface area (Å²) >= 11 is 0. The molecule has 3 aromatic heterocycles. The van der Waals surface area contributed by atoms with Crippen LogP contribution in [0, 0.1) is 0 Å². The maximum absolute atomic E-state index is 13.0. The summed E-state index contributed by atoms with van der Waals surface area (Å²) in [5, 5.41) is 8.39. The zero-order chi connectivity index (χ0) is 19.7. The van der Waals surface area contributed by atoms with Crippen LogP contribution >= 0.6 is 0 Å². The van der Waals surface area contributed by atoms with Gasteiger partial charge in [-0.1, -0.05) is 6.92 Å². The first kappa shape index (κ1) is 18.4. The molecule has 0 spiro atoms. The first-order valence-corrected chi connectivity index (χ1v) is 9.41. The SMILES string of the molecule is CCC(=O)N1CCC[C@@H](Nc2c(-c3ccn(C(F)F)n3)cnc3[nH]ccc23)C1. The van der Waals surface area contributed by atoms with Gasteiger partial charge in [-0.15, -0.1) is 0 Å². The molecule has 1 amide bonds. The first-order chi connectivity index (χ1) is 13.6. The Balaban J connectivity index is 1.68. The molecule has 0 aliphatic carbocycles. The van der Waals surface area contributed by atoms with E-state index in [4.69, 9.17) is 0 Å². The third-order valence-electron chi connectivity index (χ3n) is 5.10. The number of pyridine rings is 1. The summed E-state index contributed by atoms with van der Waals surface area (Å²) < 4.78 is 26.5. The van der Waals surface area contributed by atoms with E-state index in [1.54, 1.807) is 18.5 Å². The number of aromatic amines is 1. The standard InChI is InChI=1S/C19H22F2N6O/c1-2-16(28)26-8-3-4-12(11-26)24-17-13-5-7-22-18(13)23-10-14(17)15-6-9-27(25-15)19(20)21/h5-7,9-10,12,19H,2-4,8,11H2,1H3,(H2,22,23,24)/t12-/m1/s1. The second kappa shape index (κ2) is 7.57. The smallest absolute Gasteiger partial charge is 0.333 e. The number of likely N-dealkylation sites (tertiary alicyclic amines) is 1. The number of nitrogens with one attached hydrogen (secondary N) is 2. The average Bonchev–Trinajstić information content (AvgIpc) is 3.37. The predicted molar refractivity (Wildman–Crippen MR) is 102 cm³/mol. The fraction of sp³-hybridized carbons (Fsp3) is 0.421. The number of rotatable bonds is 5. The number of hydrogen-bond acceptors (Lipinski definition) is 4.